The van der Waals surface area contributed by atoms with Crippen molar-refractivity contribution in [3.8, 4) is 0 Å². The van der Waals surface area contributed by atoms with E-state index in [1.807, 2.05) is 12.1 Å². The molecule has 0 saturated carbocycles. The zero-order valence-corrected chi connectivity index (χ0v) is 29.2. The maximum absolute atomic E-state index is 12.3. The van der Waals surface area contributed by atoms with Crippen LogP contribution in [0.1, 0.15) is 34.6 Å². The molecule has 0 spiro atoms. The number of aromatic nitrogens is 2. The summed E-state index contributed by atoms with van der Waals surface area (Å²) in [7, 11) is 0. The molecule has 3 N–H and O–H groups in total. The van der Waals surface area contributed by atoms with Crippen LogP contribution < -0.4 is 20.4 Å². The van der Waals surface area contributed by atoms with Crippen LogP contribution in [0.3, 0.4) is 0 Å². The molecule has 2 fully saturated rings. The van der Waals surface area contributed by atoms with Crippen molar-refractivity contribution in [1.82, 2.24) is 9.97 Å². The first-order valence-corrected chi connectivity index (χ1v) is 15.9. The zero-order chi connectivity index (χ0) is 31.8. The van der Waals surface area contributed by atoms with E-state index in [-0.39, 0.29) is 0 Å². The molecule has 13 nitrogen and oxygen atoms in total. The molecule has 0 aliphatic carbocycles. The van der Waals surface area contributed by atoms with E-state index >= 15 is 0 Å². The Labute approximate surface area is 278 Å². The summed E-state index contributed by atoms with van der Waals surface area (Å²) < 4.78 is 17.6. The molecule has 2 aromatic heterocycles. The monoisotopic (exact) mass is 824 g/mol. The summed E-state index contributed by atoms with van der Waals surface area (Å²) in [6.45, 7) is 13.0. The average molecular weight is 824 g/mol. The Balaban J connectivity index is 0.000000238. The summed E-state index contributed by atoms with van der Waals surface area (Å²) in [5, 5.41) is 15.0. The van der Waals surface area contributed by atoms with E-state index in [2.05, 4.69) is 75.6 Å². The number of anilines is 4. The van der Waals surface area contributed by atoms with Gasteiger partial charge in [0.15, 0.2) is 5.60 Å². The maximum Gasteiger partial charge on any atom is 0.303 e. The summed E-state index contributed by atoms with van der Waals surface area (Å²) in [5.74, 6) is 1.09. The highest BCUT2D eigenvalue weighted by atomic mass is 127. The highest BCUT2D eigenvalue weighted by Gasteiger charge is 2.31. The fourth-order valence-corrected chi connectivity index (χ4v) is 5.09. The molecule has 0 bridgehead atoms. The normalized spacial score (nSPS) is 15.6. The maximum atomic E-state index is 12.3. The van der Waals surface area contributed by atoms with Gasteiger partial charge in [0, 0.05) is 40.2 Å². The SMILES string of the molecule is CC(=O)OC(C)(C)C(=O)Nc1cc(I)cc(N2CCOCC2)n1.CC(C)(O)C(=O)Nc1cc(I)cc(N2CCOCC2)n1. The number of nitrogens with one attached hydrogen (secondary N) is 2. The van der Waals surface area contributed by atoms with Crippen LogP contribution in [0.15, 0.2) is 24.3 Å². The molecule has 0 radical (unpaired) electrons. The number of hydrogen-bond acceptors (Lipinski definition) is 11. The number of rotatable bonds is 7. The third kappa shape index (κ3) is 11.3. The van der Waals surface area contributed by atoms with Crippen molar-refractivity contribution in [3.63, 3.8) is 0 Å². The van der Waals surface area contributed by atoms with Crippen LogP contribution in [0, 0.1) is 7.14 Å². The fourth-order valence-electron chi connectivity index (χ4n) is 3.95. The number of pyridine rings is 2. The Morgan fingerprint density at radius 1 is 0.791 bits per heavy atom. The van der Waals surface area contributed by atoms with E-state index < -0.39 is 29.0 Å². The number of hydrogen-bond donors (Lipinski definition) is 3. The molecule has 236 valence electrons. The molecule has 2 saturated heterocycles. The molecule has 4 heterocycles. The molecule has 0 unspecified atom stereocenters. The average Bonchev–Trinajstić information content (AvgIpc) is 2.92. The molecule has 2 aromatic rings. The minimum Gasteiger partial charge on any atom is -0.450 e. The van der Waals surface area contributed by atoms with Crippen molar-refractivity contribution in [1.29, 1.82) is 0 Å². The second-order valence-electron chi connectivity index (χ2n) is 10.8. The van der Waals surface area contributed by atoms with Gasteiger partial charge in [-0.15, -0.1) is 0 Å². The molecule has 0 atom stereocenters. The predicted octanol–water partition coefficient (Wildman–Crippen LogP) is 3.04. The van der Waals surface area contributed by atoms with Crippen LogP contribution in [-0.2, 0) is 28.6 Å². The van der Waals surface area contributed by atoms with Crippen LogP contribution >= 0.6 is 45.2 Å². The number of carbonyl (C=O) groups is 3. The molecule has 0 aromatic carbocycles. The minimum atomic E-state index is -1.43. The van der Waals surface area contributed by atoms with Crippen LogP contribution in [0.5, 0.6) is 0 Å². The van der Waals surface area contributed by atoms with E-state index in [1.54, 1.807) is 26.0 Å². The van der Waals surface area contributed by atoms with E-state index in [4.69, 9.17) is 14.2 Å². The Bertz CT molecular complexity index is 1290. The van der Waals surface area contributed by atoms with Crippen LogP contribution in [0.2, 0.25) is 0 Å². The summed E-state index contributed by atoms with van der Waals surface area (Å²) in [4.78, 5) is 48.3. The second kappa shape index (κ2) is 15.6. The third-order valence-corrected chi connectivity index (χ3v) is 7.45. The number of morpholine rings is 2. The second-order valence-corrected chi connectivity index (χ2v) is 13.3. The van der Waals surface area contributed by atoms with Crippen LogP contribution in [0.25, 0.3) is 0 Å². The minimum absolute atomic E-state index is 0.421. The molecule has 43 heavy (non-hydrogen) atoms. The standard InChI is InChI=1S/C15H20IN3O4.C13H18IN3O3/c1-10(20)23-15(2,3)14(21)18-12-8-11(16)9-13(17-12)19-4-6-22-7-5-19;1-13(2,19)12(18)16-10-7-9(14)8-11(15-10)17-3-5-20-6-4-17/h8-9H,4-7H2,1-3H3,(H,17,18,21);7-8,19H,3-6H2,1-2H3,(H,15,16,18). The first-order valence-electron chi connectivity index (χ1n) is 13.7. The van der Waals surface area contributed by atoms with Crippen molar-refractivity contribution < 1.29 is 33.7 Å². The molecule has 4 rings (SSSR count). The van der Waals surface area contributed by atoms with Gasteiger partial charge in [0.1, 0.15) is 28.9 Å². The number of ether oxygens (including phenoxy) is 3. The van der Waals surface area contributed by atoms with Gasteiger partial charge in [0.2, 0.25) is 0 Å². The zero-order valence-electron chi connectivity index (χ0n) is 24.9. The van der Waals surface area contributed by atoms with Crippen molar-refractivity contribution >= 4 is 86.2 Å². The Kier molecular flexibility index (Phi) is 12.7. The molecule has 15 heteroatoms. The van der Waals surface area contributed by atoms with Gasteiger partial charge >= 0.3 is 5.97 Å². The van der Waals surface area contributed by atoms with E-state index in [0.717, 1.165) is 45.0 Å². The first-order chi connectivity index (χ1) is 20.1. The number of aliphatic hydroxyl groups is 1. The van der Waals surface area contributed by atoms with E-state index in [9.17, 15) is 19.5 Å². The molecule has 2 aliphatic rings. The van der Waals surface area contributed by atoms with Crippen LogP contribution in [0.4, 0.5) is 23.3 Å². The predicted molar refractivity (Wildman–Crippen MR) is 179 cm³/mol. The topological polar surface area (TPSA) is 155 Å². The number of halogens is 2. The number of amides is 2. The summed E-state index contributed by atoms with van der Waals surface area (Å²) in [6.07, 6.45) is 0. The fraction of sp³-hybridized carbons (Fsp3) is 0.536. The number of nitrogens with zero attached hydrogens (tertiary/aromatic N) is 4. The lowest BCUT2D eigenvalue weighted by atomic mass is 10.1. The van der Waals surface area contributed by atoms with Gasteiger partial charge in [-0.1, -0.05) is 0 Å². The van der Waals surface area contributed by atoms with Gasteiger partial charge in [-0.3, -0.25) is 14.4 Å². The largest absolute Gasteiger partial charge is 0.450 e. The Morgan fingerprint density at radius 3 is 1.56 bits per heavy atom. The highest BCUT2D eigenvalue weighted by Crippen LogP contribution is 2.23. The quantitative estimate of drug-likeness (QED) is 0.279. The smallest absolute Gasteiger partial charge is 0.303 e. The number of esters is 1. The van der Waals surface area contributed by atoms with Gasteiger partial charge in [0.25, 0.3) is 11.8 Å². The van der Waals surface area contributed by atoms with Crippen LogP contribution in [-0.4, -0.2) is 96.7 Å². The molecular formula is C28H38I2N6O7. The lowest BCUT2D eigenvalue weighted by Gasteiger charge is -2.28. The summed E-state index contributed by atoms with van der Waals surface area (Å²) >= 11 is 4.36. The van der Waals surface area contributed by atoms with Gasteiger partial charge < -0.3 is 39.8 Å². The molecule has 2 aliphatic heterocycles. The van der Waals surface area contributed by atoms with Gasteiger partial charge in [-0.2, -0.15) is 0 Å². The summed E-state index contributed by atoms with van der Waals surface area (Å²) in [5.41, 5.74) is -2.68. The van der Waals surface area contributed by atoms with E-state index in [1.165, 1.54) is 20.8 Å². The lowest BCUT2D eigenvalue weighted by Crippen LogP contribution is -2.41. The van der Waals surface area contributed by atoms with E-state index in [0.29, 0.717) is 38.1 Å². The van der Waals surface area contributed by atoms with Gasteiger partial charge in [-0.25, -0.2) is 9.97 Å². The van der Waals surface area contributed by atoms with Gasteiger partial charge in [-0.05, 0) is 97.1 Å². The van der Waals surface area contributed by atoms with Crippen molar-refractivity contribution in [2.24, 2.45) is 0 Å². The molecular weight excluding hydrogens is 786 g/mol. The van der Waals surface area contributed by atoms with Crippen molar-refractivity contribution in [2.75, 3.05) is 73.0 Å². The summed E-state index contributed by atoms with van der Waals surface area (Å²) in [6, 6.07) is 7.46. The van der Waals surface area contributed by atoms with Crippen molar-refractivity contribution in [3.05, 3.63) is 31.4 Å². The highest BCUT2D eigenvalue weighted by molar-refractivity contribution is 14.1. The molecule has 2 amide bonds. The number of carbonyl (C=O) groups excluding carboxylic acids is 3. The first kappa shape index (κ1) is 35.1. The third-order valence-electron chi connectivity index (χ3n) is 6.21. The van der Waals surface area contributed by atoms with Gasteiger partial charge in [0.05, 0.1) is 26.4 Å². The Hall–Kier alpha value is -2.35. The lowest BCUT2D eigenvalue weighted by molar-refractivity contribution is -0.160. The Morgan fingerprint density at radius 2 is 1.19 bits per heavy atom. The van der Waals surface area contributed by atoms with Crippen molar-refractivity contribution in [2.45, 2.75) is 45.8 Å².